The minimum atomic E-state index is -1.25. The molecule has 266 valence electrons. The number of carbonyl (C=O) groups is 4. The van der Waals surface area contributed by atoms with Crippen molar-refractivity contribution in [1.29, 1.82) is 0 Å². The van der Waals surface area contributed by atoms with Crippen molar-refractivity contribution >= 4 is 23.7 Å². The molecule has 2 aromatic rings. The fourth-order valence-electron chi connectivity index (χ4n) is 7.35. The zero-order valence-electron chi connectivity index (χ0n) is 29.1. The van der Waals surface area contributed by atoms with Gasteiger partial charge in [0.05, 0.1) is 32.7 Å². The van der Waals surface area contributed by atoms with Crippen molar-refractivity contribution in [3.63, 3.8) is 0 Å². The minimum absolute atomic E-state index is 0.0413. The van der Waals surface area contributed by atoms with Crippen LogP contribution in [0.3, 0.4) is 0 Å². The van der Waals surface area contributed by atoms with Gasteiger partial charge in [0, 0.05) is 50.8 Å². The van der Waals surface area contributed by atoms with Crippen LogP contribution in [0.1, 0.15) is 81.3 Å². The van der Waals surface area contributed by atoms with E-state index in [0.29, 0.717) is 45.0 Å². The number of carbonyl (C=O) groups excluding carboxylic acids is 4. The second-order valence-corrected chi connectivity index (χ2v) is 13.3. The number of fused-ring (bicyclic) bond motifs is 1. The second-order valence-electron chi connectivity index (χ2n) is 13.3. The smallest absolute Gasteiger partial charge is 0.320 e. The van der Waals surface area contributed by atoms with Crippen LogP contribution in [-0.2, 0) is 35.2 Å². The topological polar surface area (TPSA) is 119 Å². The van der Waals surface area contributed by atoms with Gasteiger partial charge in [-0.05, 0) is 43.5 Å². The lowest BCUT2D eigenvalue weighted by Crippen LogP contribution is -2.61. The average molecular weight is 678 g/mol. The standard InChI is InChI=1S/C38H51N3O8/c1-4-5-6-7-8-12-17-41-33-24-31(27-47-26-29-14-10-9-11-15-29)49-28(2)38(33,37(45)46-3)25-30(35(41)43)23-34(42)39-18-20-40(21-19-39)36(44)32-16-13-22-48-32/h9-11,13-16,22,24,28,30-31H,4-8,12,17-21,23,25-27H2,1-3H3/t28-,30+,31-,38+/m1/s1. The van der Waals surface area contributed by atoms with E-state index < -0.39 is 29.5 Å². The van der Waals surface area contributed by atoms with Gasteiger partial charge in [-0.15, -0.1) is 0 Å². The van der Waals surface area contributed by atoms with Gasteiger partial charge in [0.2, 0.25) is 11.8 Å². The maximum absolute atomic E-state index is 14.3. The van der Waals surface area contributed by atoms with Crippen LogP contribution in [-0.4, -0.2) is 97.0 Å². The Kier molecular flexibility index (Phi) is 12.7. The molecule has 1 aromatic heterocycles. The molecule has 2 saturated heterocycles. The van der Waals surface area contributed by atoms with Crippen molar-refractivity contribution in [3.05, 3.63) is 71.8 Å². The Morgan fingerprint density at radius 3 is 2.35 bits per heavy atom. The van der Waals surface area contributed by atoms with Crippen molar-refractivity contribution in [3.8, 4) is 0 Å². The molecule has 4 atom stereocenters. The fourth-order valence-corrected chi connectivity index (χ4v) is 7.35. The van der Waals surface area contributed by atoms with Crippen molar-refractivity contribution in [1.82, 2.24) is 14.7 Å². The molecule has 0 bridgehead atoms. The van der Waals surface area contributed by atoms with Crippen LogP contribution < -0.4 is 0 Å². The molecule has 0 saturated carbocycles. The molecular formula is C38H51N3O8. The number of nitrogens with zero attached hydrogens (tertiary/aromatic N) is 3. The van der Waals surface area contributed by atoms with Crippen LogP contribution in [0.15, 0.2) is 64.9 Å². The van der Waals surface area contributed by atoms with E-state index in [1.165, 1.54) is 19.8 Å². The zero-order chi connectivity index (χ0) is 34.8. The van der Waals surface area contributed by atoms with Crippen molar-refractivity contribution in [2.45, 2.75) is 84.0 Å². The molecule has 11 nitrogen and oxygen atoms in total. The number of hydrogen-bond acceptors (Lipinski definition) is 8. The number of piperidine rings is 1. The molecule has 5 rings (SSSR count). The first-order chi connectivity index (χ1) is 23.8. The maximum atomic E-state index is 14.3. The summed E-state index contributed by atoms with van der Waals surface area (Å²) in [5.41, 5.74) is 0.386. The van der Waals surface area contributed by atoms with Gasteiger partial charge in [0.15, 0.2) is 5.76 Å². The number of unbranched alkanes of at least 4 members (excludes halogenated alkanes) is 5. The normalized spacial score (nSPS) is 24.0. The number of ether oxygens (including phenoxy) is 3. The third kappa shape index (κ3) is 8.44. The molecular weight excluding hydrogens is 626 g/mol. The van der Waals surface area contributed by atoms with Gasteiger partial charge in [-0.3, -0.25) is 19.2 Å². The van der Waals surface area contributed by atoms with Gasteiger partial charge < -0.3 is 33.3 Å². The number of rotatable bonds is 15. The summed E-state index contributed by atoms with van der Waals surface area (Å²) in [6.07, 6.45) is 8.58. The lowest BCUT2D eigenvalue weighted by molar-refractivity contribution is -0.178. The van der Waals surface area contributed by atoms with E-state index in [9.17, 15) is 19.2 Å². The van der Waals surface area contributed by atoms with E-state index in [4.69, 9.17) is 18.6 Å². The van der Waals surface area contributed by atoms with Crippen LogP contribution in [0.4, 0.5) is 0 Å². The minimum Gasteiger partial charge on any atom is -0.468 e. The van der Waals surface area contributed by atoms with Crippen molar-refractivity contribution < 1.29 is 37.8 Å². The molecule has 0 spiro atoms. The van der Waals surface area contributed by atoms with Crippen molar-refractivity contribution in [2.75, 3.05) is 46.4 Å². The van der Waals surface area contributed by atoms with Gasteiger partial charge >= 0.3 is 5.97 Å². The Labute approximate surface area is 289 Å². The van der Waals surface area contributed by atoms with E-state index in [-0.39, 0.29) is 42.9 Å². The highest BCUT2D eigenvalue weighted by molar-refractivity contribution is 5.93. The number of hydrogen-bond donors (Lipinski definition) is 0. The molecule has 4 heterocycles. The summed E-state index contributed by atoms with van der Waals surface area (Å²) in [4.78, 5) is 59.7. The highest BCUT2D eigenvalue weighted by Gasteiger charge is 2.59. The third-order valence-corrected chi connectivity index (χ3v) is 10.1. The Balaban J connectivity index is 1.32. The van der Waals surface area contributed by atoms with Gasteiger partial charge in [-0.1, -0.05) is 69.4 Å². The molecule has 2 fully saturated rings. The van der Waals surface area contributed by atoms with E-state index in [2.05, 4.69) is 6.92 Å². The second kappa shape index (κ2) is 17.1. The largest absolute Gasteiger partial charge is 0.468 e. The summed E-state index contributed by atoms with van der Waals surface area (Å²) in [5, 5.41) is 0. The highest BCUT2D eigenvalue weighted by atomic mass is 16.6. The van der Waals surface area contributed by atoms with Crippen LogP contribution in [0.5, 0.6) is 0 Å². The predicted octanol–water partition coefficient (Wildman–Crippen LogP) is 5.21. The van der Waals surface area contributed by atoms with E-state index >= 15 is 0 Å². The third-order valence-electron chi connectivity index (χ3n) is 10.1. The molecule has 0 aliphatic carbocycles. The summed E-state index contributed by atoms with van der Waals surface area (Å²) in [7, 11) is 1.36. The molecule has 1 aromatic carbocycles. The Morgan fingerprint density at radius 2 is 1.65 bits per heavy atom. The van der Waals surface area contributed by atoms with E-state index in [1.54, 1.807) is 26.8 Å². The number of benzene rings is 1. The number of furan rings is 1. The molecule has 3 amide bonds. The molecule has 3 aliphatic rings. The molecule has 0 radical (unpaired) electrons. The van der Waals surface area contributed by atoms with Crippen LogP contribution in [0.2, 0.25) is 0 Å². The van der Waals surface area contributed by atoms with Crippen LogP contribution in [0, 0.1) is 11.3 Å². The lowest BCUT2D eigenvalue weighted by Gasteiger charge is -2.51. The van der Waals surface area contributed by atoms with Gasteiger partial charge in [0.25, 0.3) is 5.91 Å². The van der Waals surface area contributed by atoms with Crippen LogP contribution in [0.25, 0.3) is 0 Å². The SMILES string of the molecule is CCCCCCCCN1C(=O)[C@@H](CC(=O)N2CCN(C(=O)c3ccco3)CC2)C[C@@]2(C(=O)OC)C1=C[C@H](COCc1ccccc1)O[C@@H]2C. The van der Waals surface area contributed by atoms with Gasteiger partial charge in [-0.25, -0.2) is 0 Å². The molecule has 0 N–H and O–H groups in total. The van der Waals surface area contributed by atoms with Gasteiger partial charge in [0.1, 0.15) is 11.5 Å². The molecule has 3 aliphatic heterocycles. The Morgan fingerprint density at radius 1 is 0.939 bits per heavy atom. The van der Waals surface area contributed by atoms with E-state index in [0.717, 1.165) is 37.7 Å². The first-order valence-electron chi connectivity index (χ1n) is 17.8. The number of piperazine rings is 1. The first-order valence-corrected chi connectivity index (χ1v) is 17.8. The quantitative estimate of drug-likeness (QED) is 0.186. The Hall–Kier alpha value is -3.96. The van der Waals surface area contributed by atoms with E-state index in [1.807, 2.05) is 43.3 Å². The maximum Gasteiger partial charge on any atom is 0.320 e. The Bertz CT molecular complexity index is 1440. The number of methoxy groups -OCH3 is 1. The molecule has 49 heavy (non-hydrogen) atoms. The highest BCUT2D eigenvalue weighted by Crippen LogP contribution is 2.50. The number of esters is 1. The van der Waals surface area contributed by atoms with Crippen LogP contribution >= 0.6 is 0 Å². The number of likely N-dealkylation sites (tertiary alicyclic amines) is 1. The summed E-state index contributed by atoms with van der Waals surface area (Å²) in [6, 6.07) is 13.2. The predicted molar refractivity (Wildman–Crippen MR) is 182 cm³/mol. The summed E-state index contributed by atoms with van der Waals surface area (Å²) in [5.74, 6) is -1.48. The van der Waals surface area contributed by atoms with Crippen molar-refractivity contribution in [2.24, 2.45) is 11.3 Å². The lowest BCUT2D eigenvalue weighted by atomic mass is 9.66. The fraction of sp³-hybridized carbons (Fsp3) is 0.579. The zero-order valence-corrected chi connectivity index (χ0v) is 29.1. The summed E-state index contributed by atoms with van der Waals surface area (Å²) in [6.45, 7) is 6.58. The average Bonchev–Trinajstić information content (AvgIpc) is 3.67. The molecule has 11 heteroatoms. The number of amides is 3. The first kappa shape index (κ1) is 36.3. The monoisotopic (exact) mass is 677 g/mol. The summed E-state index contributed by atoms with van der Waals surface area (Å²) >= 11 is 0. The van der Waals surface area contributed by atoms with Gasteiger partial charge in [-0.2, -0.15) is 0 Å². The summed E-state index contributed by atoms with van der Waals surface area (Å²) < 4.78 is 23.1. The molecule has 0 unspecified atom stereocenters.